The van der Waals surface area contributed by atoms with Gasteiger partial charge in [0.2, 0.25) is 10.0 Å². The SMILES string of the molecule is CC1CCCCC1NC(=O)COC(=O)CCNS(=O)(=O)c1cccc(Cl)c1. The van der Waals surface area contributed by atoms with Gasteiger partial charge in [0.05, 0.1) is 11.3 Å². The zero-order valence-corrected chi connectivity index (χ0v) is 16.8. The number of esters is 1. The molecule has 1 aromatic rings. The average molecular weight is 417 g/mol. The summed E-state index contributed by atoms with van der Waals surface area (Å²) in [7, 11) is -3.76. The van der Waals surface area contributed by atoms with Crippen LogP contribution in [0.3, 0.4) is 0 Å². The third-order valence-electron chi connectivity index (χ3n) is 4.55. The van der Waals surface area contributed by atoms with Crippen LogP contribution in [-0.2, 0) is 24.3 Å². The predicted octanol–water partition coefficient (Wildman–Crippen LogP) is 2.25. The monoisotopic (exact) mass is 416 g/mol. The van der Waals surface area contributed by atoms with Gasteiger partial charge in [-0.3, -0.25) is 9.59 Å². The van der Waals surface area contributed by atoms with Crippen molar-refractivity contribution in [2.24, 2.45) is 5.92 Å². The van der Waals surface area contributed by atoms with Crippen LogP contribution in [0.2, 0.25) is 5.02 Å². The molecule has 27 heavy (non-hydrogen) atoms. The van der Waals surface area contributed by atoms with Crippen LogP contribution in [0, 0.1) is 5.92 Å². The zero-order chi connectivity index (χ0) is 19.9. The molecule has 2 N–H and O–H groups in total. The van der Waals surface area contributed by atoms with Crippen molar-refractivity contribution >= 4 is 33.5 Å². The maximum atomic E-state index is 12.1. The fourth-order valence-corrected chi connectivity index (χ4v) is 4.33. The highest BCUT2D eigenvalue weighted by atomic mass is 35.5. The standard InChI is InChI=1S/C18H25ClN2O5S/c1-13-5-2-3-8-16(13)21-17(22)12-26-18(23)9-10-20-27(24,25)15-7-4-6-14(19)11-15/h4,6-7,11,13,16,20H,2-3,5,8-10,12H2,1H3,(H,21,22). The maximum Gasteiger partial charge on any atom is 0.307 e. The number of carbonyl (C=O) groups excluding carboxylic acids is 2. The van der Waals surface area contributed by atoms with Crippen LogP contribution in [0.1, 0.15) is 39.0 Å². The Balaban J connectivity index is 1.69. The number of nitrogens with one attached hydrogen (secondary N) is 2. The van der Waals surface area contributed by atoms with Crippen LogP contribution < -0.4 is 10.0 Å². The number of amides is 1. The number of hydrogen-bond acceptors (Lipinski definition) is 5. The summed E-state index contributed by atoms with van der Waals surface area (Å²) in [5, 5.41) is 3.19. The molecule has 1 aromatic carbocycles. The Hall–Kier alpha value is -1.64. The van der Waals surface area contributed by atoms with Gasteiger partial charge in [-0.2, -0.15) is 0 Å². The highest BCUT2D eigenvalue weighted by Gasteiger charge is 2.23. The second kappa shape index (κ2) is 10.1. The Bertz CT molecular complexity index is 769. The number of sulfonamides is 1. The first kappa shape index (κ1) is 21.7. The molecule has 1 saturated carbocycles. The first-order chi connectivity index (χ1) is 12.8. The van der Waals surface area contributed by atoms with Gasteiger partial charge in [0.25, 0.3) is 5.91 Å². The van der Waals surface area contributed by atoms with Crippen molar-refractivity contribution < 1.29 is 22.7 Å². The molecule has 1 amide bonds. The summed E-state index contributed by atoms with van der Waals surface area (Å²) < 4.78 is 31.4. The summed E-state index contributed by atoms with van der Waals surface area (Å²) in [5.41, 5.74) is 0. The van der Waals surface area contributed by atoms with E-state index in [1.54, 1.807) is 6.07 Å². The number of benzene rings is 1. The predicted molar refractivity (Wildman–Crippen MR) is 102 cm³/mol. The summed E-state index contributed by atoms with van der Waals surface area (Å²) in [6.07, 6.45) is 4.10. The highest BCUT2D eigenvalue weighted by molar-refractivity contribution is 7.89. The van der Waals surface area contributed by atoms with Crippen LogP contribution in [0.15, 0.2) is 29.2 Å². The molecular formula is C18H25ClN2O5S. The minimum Gasteiger partial charge on any atom is -0.456 e. The maximum absolute atomic E-state index is 12.1. The fraction of sp³-hybridized carbons (Fsp3) is 0.556. The van der Waals surface area contributed by atoms with Crippen LogP contribution in [0.5, 0.6) is 0 Å². The van der Waals surface area contributed by atoms with Crippen molar-refractivity contribution in [3.63, 3.8) is 0 Å². The van der Waals surface area contributed by atoms with Crippen LogP contribution in [0.4, 0.5) is 0 Å². The lowest BCUT2D eigenvalue weighted by Gasteiger charge is -2.29. The quantitative estimate of drug-likeness (QED) is 0.633. The molecule has 0 bridgehead atoms. The fourth-order valence-electron chi connectivity index (χ4n) is 3.00. The van der Waals surface area contributed by atoms with Gasteiger partial charge in [-0.15, -0.1) is 0 Å². The smallest absolute Gasteiger partial charge is 0.307 e. The third kappa shape index (κ3) is 7.12. The molecule has 1 aliphatic carbocycles. The van der Waals surface area contributed by atoms with Crippen LogP contribution in [-0.4, -0.2) is 39.5 Å². The average Bonchev–Trinajstić information content (AvgIpc) is 2.62. The number of ether oxygens (including phenoxy) is 1. The lowest BCUT2D eigenvalue weighted by molar-refractivity contribution is -0.148. The molecule has 0 radical (unpaired) electrons. The van der Waals surface area contributed by atoms with Gasteiger partial charge < -0.3 is 10.1 Å². The Morgan fingerprint density at radius 1 is 1.26 bits per heavy atom. The summed E-state index contributed by atoms with van der Waals surface area (Å²) in [6, 6.07) is 5.94. The molecule has 0 aromatic heterocycles. The van der Waals surface area contributed by atoms with E-state index in [-0.39, 0.29) is 36.4 Å². The number of halogens is 1. The van der Waals surface area contributed by atoms with E-state index in [0.717, 1.165) is 19.3 Å². The normalized spacial score (nSPS) is 20.1. The Labute approximate surface area is 164 Å². The van der Waals surface area contributed by atoms with Gasteiger partial charge in [0.15, 0.2) is 6.61 Å². The van der Waals surface area contributed by atoms with Crippen molar-refractivity contribution in [2.45, 2.75) is 50.0 Å². The number of rotatable bonds is 8. The van der Waals surface area contributed by atoms with Gasteiger partial charge in [-0.1, -0.05) is 37.4 Å². The largest absolute Gasteiger partial charge is 0.456 e. The molecule has 2 unspecified atom stereocenters. The molecule has 2 rings (SSSR count). The van der Waals surface area contributed by atoms with E-state index in [0.29, 0.717) is 10.9 Å². The topological polar surface area (TPSA) is 102 Å². The van der Waals surface area contributed by atoms with Crippen LogP contribution in [0.25, 0.3) is 0 Å². The summed E-state index contributed by atoms with van der Waals surface area (Å²) >= 11 is 5.78. The second-order valence-corrected chi connectivity index (χ2v) is 8.90. The summed E-state index contributed by atoms with van der Waals surface area (Å²) in [4.78, 5) is 23.6. The second-order valence-electron chi connectivity index (χ2n) is 6.70. The van der Waals surface area contributed by atoms with E-state index < -0.39 is 16.0 Å². The van der Waals surface area contributed by atoms with Crippen LogP contribution >= 0.6 is 11.6 Å². The van der Waals surface area contributed by atoms with E-state index >= 15 is 0 Å². The van der Waals surface area contributed by atoms with Gasteiger partial charge >= 0.3 is 5.97 Å². The molecule has 1 fully saturated rings. The van der Waals surface area contributed by atoms with Gasteiger partial charge in [-0.05, 0) is 37.0 Å². The molecule has 0 spiro atoms. The van der Waals surface area contributed by atoms with E-state index in [4.69, 9.17) is 16.3 Å². The molecular weight excluding hydrogens is 392 g/mol. The lowest BCUT2D eigenvalue weighted by Crippen LogP contribution is -2.43. The minimum absolute atomic E-state index is 0.0179. The molecule has 0 saturated heterocycles. The van der Waals surface area contributed by atoms with E-state index in [1.807, 2.05) is 0 Å². The molecule has 0 aliphatic heterocycles. The first-order valence-corrected chi connectivity index (χ1v) is 10.8. The van der Waals surface area contributed by atoms with Crippen molar-refractivity contribution in [3.8, 4) is 0 Å². The Morgan fingerprint density at radius 2 is 2.00 bits per heavy atom. The van der Waals surface area contributed by atoms with Crippen molar-refractivity contribution in [1.29, 1.82) is 0 Å². The molecule has 9 heteroatoms. The van der Waals surface area contributed by atoms with Crippen molar-refractivity contribution in [2.75, 3.05) is 13.2 Å². The summed E-state index contributed by atoms with van der Waals surface area (Å²) in [6.45, 7) is 1.61. The summed E-state index contributed by atoms with van der Waals surface area (Å²) in [5.74, 6) is -0.559. The third-order valence-corrected chi connectivity index (χ3v) is 6.24. The van der Waals surface area contributed by atoms with E-state index in [9.17, 15) is 18.0 Å². The molecule has 0 heterocycles. The number of hydrogen-bond donors (Lipinski definition) is 2. The zero-order valence-electron chi connectivity index (χ0n) is 15.2. The van der Waals surface area contributed by atoms with Gasteiger partial charge in [-0.25, -0.2) is 13.1 Å². The Morgan fingerprint density at radius 3 is 2.70 bits per heavy atom. The van der Waals surface area contributed by atoms with E-state index in [2.05, 4.69) is 17.0 Å². The molecule has 150 valence electrons. The molecule has 7 nitrogen and oxygen atoms in total. The lowest BCUT2D eigenvalue weighted by atomic mass is 9.86. The number of carbonyl (C=O) groups is 2. The van der Waals surface area contributed by atoms with Gasteiger partial charge in [0.1, 0.15) is 0 Å². The highest BCUT2D eigenvalue weighted by Crippen LogP contribution is 2.23. The van der Waals surface area contributed by atoms with Crippen molar-refractivity contribution in [1.82, 2.24) is 10.0 Å². The molecule has 1 aliphatic rings. The first-order valence-electron chi connectivity index (χ1n) is 8.98. The van der Waals surface area contributed by atoms with E-state index in [1.165, 1.54) is 24.6 Å². The van der Waals surface area contributed by atoms with Crippen molar-refractivity contribution in [3.05, 3.63) is 29.3 Å². The molecule has 2 atom stereocenters. The Kier molecular flexibility index (Phi) is 8.07. The van der Waals surface area contributed by atoms with Gasteiger partial charge in [0, 0.05) is 17.6 Å². The minimum atomic E-state index is -3.76.